The van der Waals surface area contributed by atoms with Crippen molar-refractivity contribution >= 4 is 0 Å². The zero-order valence-corrected chi connectivity index (χ0v) is 10.7. The van der Waals surface area contributed by atoms with E-state index < -0.39 is 5.79 Å². The van der Waals surface area contributed by atoms with Crippen LogP contribution in [0.4, 0.5) is 0 Å². The molecular weight excluding hydrogens is 228 g/mol. The Kier molecular flexibility index (Phi) is 4.75. The first-order chi connectivity index (χ1) is 8.73. The SMILES string of the molecule is OCCC[C@@H](OC1(O)CCCC1)c1ccccc1. The molecule has 1 atom stereocenters. The Bertz CT molecular complexity index is 344. The van der Waals surface area contributed by atoms with Gasteiger partial charge in [0.2, 0.25) is 0 Å². The van der Waals surface area contributed by atoms with Crippen molar-refractivity contribution in [3.05, 3.63) is 35.9 Å². The van der Waals surface area contributed by atoms with Gasteiger partial charge in [-0.25, -0.2) is 0 Å². The van der Waals surface area contributed by atoms with Gasteiger partial charge >= 0.3 is 0 Å². The molecule has 1 aliphatic rings. The standard InChI is InChI=1S/C15H22O3/c16-12-6-9-14(13-7-2-1-3-8-13)18-15(17)10-4-5-11-15/h1-3,7-8,14,16-17H,4-6,9-12H2/t14-/m1/s1. The van der Waals surface area contributed by atoms with Crippen LogP contribution in [0.2, 0.25) is 0 Å². The van der Waals surface area contributed by atoms with E-state index in [9.17, 15) is 5.11 Å². The quantitative estimate of drug-likeness (QED) is 0.763. The highest BCUT2D eigenvalue weighted by atomic mass is 16.6. The van der Waals surface area contributed by atoms with Crippen LogP contribution in [0.25, 0.3) is 0 Å². The monoisotopic (exact) mass is 250 g/mol. The lowest BCUT2D eigenvalue weighted by molar-refractivity contribution is -0.228. The average Bonchev–Trinajstić information content (AvgIpc) is 2.82. The van der Waals surface area contributed by atoms with Gasteiger partial charge in [0, 0.05) is 19.4 Å². The van der Waals surface area contributed by atoms with Crippen LogP contribution in [0.1, 0.15) is 50.2 Å². The summed E-state index contributed by atoms with van der Waals surface area (Å²) < 4.78 is 5.93. The van der Waals surface area contributed by atoms with E-state index in [0.29, 0.717) is 6.42 Å². The molecule has 0 amide bonds. The zero-order valence-electron chi connectivity index (χ0n) is 10.7. The van der Waals surface area contributed by atoms with Crippen molar-refractivity contribution < 1.29 is 14.9 Å². The van der Waals surface area contributed by atoms with Crippen molar-refractivity contribution in [3.8, 4) is 0 Å². The van der Waals surface area contributed by atoms with Crippen LogP contribution in [-0.2, 0) is 4.74 Å². The summed E-state index contributed by atoms with van der Waals surface area (Å²) in [4.78, 5) is 0. The molecule has 1 fully saturated rings. The molecule has 0 heterocycles. The van der Waals surface area contributed by atoms with Gasteiger partial charge in [-0.15, -0.1) is 0 Å². The molecule has 0 saturated heterocycles. The summed E-state index contributed by atoms with van der Waals surface area (Å²) in [6.07, 6.45) is 4.79. The summed E-state index contributed by atoms with van der Waals surface area (Å²) in [6, 6.07) is 9.95. The van der Waals surface area contributed by atoms with E-state index in [0.717, 1.165) is 37.7 Å². The first-order valence-electron chi connectivity index (χ1n) is 6.79. The fourth-order valence-electron chi connectivity index (χ4n) is 2.55. The van der Waals surface area contributed by atoms with Crippen LogP contribution in [0.3, 0.4) is 0 Å². The second-order valence-electron chi connectivity index (χ2n) is 5.04. The molecule has 0 spiro atoms. The molecule has 1 aromatic rings. The van der Waals surface area contributed by atoms with Gasteiger partial charge in [0.15, 0.2) is 5.79 Å². The lowest BCUT2D eigenvalue weighted by atomic mass is 10.0. The van der Waals surface area contributed by atoms with E-state index in [1.165, 1.54) is 0 Å². The maximum atomic E-state index is 10.3. The minimum Gasteiger partial charge on any atom is -0.396 e. The fraction of sp³-hybridized carbons (Fsp3) is 0.600. The van der Waals surface area contributed by atoms with Gasteiger partial charge in [-0.05, 0) is 31.2 Å². The summed E-state index contributed by atoms with van der Waals surface area (Å²) in [6.45, 7) is 0.158. The largest absolute Gasteiger partial charge is 0.396 e. The van der Waals surface area contributed by atoms with Gasteiger partial charge in [-0.3, -0.25) is 0 Å². The van der Waals surface area contributed by atoms with E-state index in [4.69, 9.17) is 9.84 Å². The number of hydrogen-bond donors (Lipinski definition) is 2. The molecule has 3 heteroatoms. The van der Waals surface area contributed by atoms with E-state index in [1.807, 2.05) is 30.3 Å². The van der Waals surface area contributed by atoms with Crippen molar-refractivity contribution in [2.24, 2.45) is 0 Å². The number of rotatable bonds is 6. The molecular formula is C15H22O3. The molecule has 1 aromatic carbocycles. The number of hydrogen-bond acceptors (Lipinski definition) is 3. The molecule has 3 nitrogen and oxygen atoms in total. The molecule has 0 radical (unpaired) electrons. The van der Waals surface area contributed by atoms with E-state index in [-0.39, 0.29) is 12.7 Å². The molecule has 0 aromatic heterocycles. The van der Waals surface area contributed by atoms with E-state index in [2.05, 4.69) is 0 Å². The first kappa shape index (κ1) is 13.5. The maximum absolute atomic E-state index is 10.3. The molecule has 1 saturated carbocycles. The smallest absolute Gasteiger partial charge is 0.166 e. The maximum Gasteiger partial charge on any atom is 0.166 e. The molecule has 1 aliphatic carbocycles. The number of aliphatic hydroxyl groups is 2. The fourth-order valence-corrected chi connectivity index (χ4v) is 2.55. The first-order valence-corrected chi connectivity index (χ1v) is 6.79. The highest BCUT2D eigenvalue weighted by Gasteiger charge is 2.34. The van der Waals surface area contributed by atoms with Crippen LogP contribution in [0.15, 0.2) is 30.3 Å². The Labute approximate surface area is 108 Å². The summed E-state index contributed by atoms with van der Waals surface area (Å²) in [7, 11) is 0. The van der Waals surface area contributed by atoms with Crippen molar-refractivity contribution in [1.82, 2.24) is 0 Å². The Morgan fingerprint density at radius 1 is 1.17 bits per heavy atom. The zero-order chi connectivity index (χ0) is 12.8. The average molecular weight is 250 g/mol. The molecule has 2 rings (SSSR count). The van der Waals surface area contributed by atoms with E-state index >= 15 is 0 Å². The predicted molar refractivity (Wildman–Crippen MR) is 70.0 cm³/mol. The van der Waals surface area contributed by atoms with Crippen molar-refractivity contribution in [2.45, 2.75) is 50.4 Å². The highest BCUT2D eigenvalue weighted by molar-refractivity contribution is 5.17. The summed E-state index contributed by atoms with van der Waals surface area (Å²) >= 11 is 0. The number of ether oxygens (including phenoxy) is 1. The molecule has 0 unspecified atom stereocenters. The van der Waals surface area contributed by atoms with Gasteiger partial charge in [-0.2, -0.15) is 0 Å². The topological polar surface area (TPSA) is 49.7 Å². The van der Waals surface area contributed by atoms with Gasteiger partial charge in [0.05, 0.1) is 6.10 Å². The third-order valence-corrected chi connectivity index (χ3v) is 3.54. The summed E-state index contributed by atoms with van der Waals surface area (Å²) in [5.74, 6) is -0.962. The van der Waals surface area contributed by atoms with Crippen molar-refractivity contribution in [1.29, 1.82) is 0 Å². The minimum atomic E-state index is -0.962. The van der Waals surface area contributed by atoms with Crippen LogP contribution < -0.4 is 0 Å². The van der Waals surface area contributed by atoms with Gasteiger partial charge < -0.3 is 14.9 Å². The van der Waals surface area contributed by atoms with Crippen LogP contribution >= 0.6 is 0 Å². The van der Waals surface area contributed by atoms with Crippen molar-refractivity contribution in [2.75, 3.05) is 6.61 Å². The highest BCUT2D eigenvalue weighted by Crippen LogP contribution is 2.36. The number of benzene rings is 1. The Balaban J connectivity index is 2.05. The Morgan fingerprint density at radius 3 is 2.44 bits per heavy atom. The van der Waals surface area contributed by atoms with Gasteiger partial charge in [-0.1, -0.05) is 30.3 Å². The van der Waals surface area contributed by atoms with E-state index in [1.54, 1.807) is 0 Å². The molecule has 18 heavy (non-hydrogen) atoms. The lowest BCUT2D eigenvalue weighted by Gasteiger charge is -2.29. The Hall–Kier alpha value is -0.900. The third kappa shape index (κ3) is 3.55. The van der Waals surface area contributed by atoms with Crippen molar-refractivity contribution in [3.63, 3.8) is 0 Å². The normalized spacial score (nSPS) is 19.9. The molecule has 0 bridgehead atoms. The Morgan fingerprint density at radius 2 is 1.83 bits per heavy atom. The second kappa shape index (κ2) is 6.32. The summed E-state index contributed by atoms with van der Waals surface area (Å²) in [5.41, 5.74) is 1.08. The third-order valence-electron chi connectivity index (χ3n) is 3.54. The van der Waals surface area contributed by atoms with Crippen LogP contribution in [-0.4, -0.2) is 22.6 Å². The molecule has 100 valence electrons. The second-order valence-corrected chi connectivity index (χ2v) is 5.04. The minimum absolute atomic E-state index is 0.124. The van der Waals surface area contributed by atoms with Crippen LogP contribution in [0.5, 0.6) is 0 Å². The number of aliphatic hydroxyl groups excluding tert-OH is 1. The molecule has 0 aliphatic heterocycles. The van der Waals surface area contributed by atoms with Gasteiger partial charge in [0.1, 0.15) is 0 Å². The summed E-state index contributed by atoms with van der Waals surface area (Å²) in [5, 5.41) is 19.3. The lowest BCUT2D eigenvalue weighted by Crippen LogP contribution is -2.30. The van der Waals surface area contributed by atoms with Crippen LogP contribution in [0, 0.1) is 0 Å². The molecule has 2 N–H and O–H groups in total. The van der Waals surface area contributed by atoms with Gasteiger partial charge in [0.25, 0.3) is 0 Å². The predicted octanol–water partition coefficient (Wildman–Crippen LogP) is 2.78.